The number of hydrogen-bond donors (Lipinski definition) is 4. The van der Waals surface area contributed by atoms with Crippen molar-refractivity contribution in [1.82, 2.24) is 15.4 Å². The van der Waals surface area contributed by atoms with E-state index in [2.05, 4.69) is 15.4 Å². The molecule has 8 heteroatoms. The number of carbonyl (C=O) groups excluding carboxylic acids is 1. The van der Waals surface area contributed by atoms with Gasteiger partial charge in [-0.3, -0.25) is 0 Å². The number of carbonyl (C=O) groups is 1. The highest BCUT2D eigenvalue weighted by Gasteiger charge is 2.31. The third kappa shape index (κ3) is 4.85. The maximum absolute atomic E-state index is 12.2. The molecule has 0 radical (unpaired) electrons. The Morgan fingerprint density at radius 2 is 1.78 bits per heavy atom. The zero-order chi connectivity index (χ0) is 19.4. The van der Waals surface area contributed by atoms with E-state index in [1.54, 1.807) is 24.3 Å². The van der Waals surface area contributed by atoms with Gasteiger partial charge in [0.2, 0.25) is 10.0 Å². The van der Waals surface area contributed by atoms with E-state index in [9.17, 15) is 18.3 Å². The standard InChI is InChI=1S/C19H23N3O4S/c1-20-27(25,26)12-14-8-6-13(7-9-14)11-21-19(24)22-18-16-5-3-2-4-15(16)10-17(18)23/h2-9,17-18,20,23H,10-12H2,1H3,(H2,21,22,24)/t17-,18+/m0/s1. The molecular weight excluding hydrogens is 366 g/mol. The second kappa shape index (κ2) is 8.08. The molecular formula is C19H23N3O4S. The monoisotopic (exact) mass is 389 g/mol. The largest absolute Gasteiger partial charge is 0.390 e. The molecule has 0 bridgehead atoms. The molecule has 3 rings (SSSR count). The molecule has 1 aliphatic rings. The van der Waals surface area contributed by atoms with Gasteiger partial charge in [-0.25, -0.2) is 17.9 Å². The predicted octanol–water partition coefficient (Wildman–Crippen LogP) is 1.19. The Bertz CT molecular complexity index is 913. The Balaban J connectivity index is 1.54. The third-order valence-corrected chi connectivity index (χ3v) is 5.97. The lowest BCUT2D eigenvalue weighted by Crippen LogP contribution is -2.40. The van der Waals surface area contributed by atoms with Crippen LogP contribution in [-0.2, 0) is 28.7 Å². The number of amides is 2. The second-order valence-electron chi connectivity index (χ2n) is 6.55. The molecule has 2 aromatic carbocycles. The smallest absolute Gasteiger partial charge is 0.315 e. The van der Waals surface area contributed by atoms with Crippen molar-refractivity contribution in [3.05, 3.63) is 70.8 Å². The quantitative estimate of drug-likeness (QED) is 0.595. The van der Waals surface area contributed by atoms with Crippen molar-refractivity contribution < 1.29 is 18.3 Å². The van der Waals surface area contributed by atoms with Crippen LogP contribution >= 0.6 is 0 Å². The number of rotatable bonds is 6. The first kappa shape index (κ1) is 19.3. The van der Waals surface area contributed by atoms with E-state index in [1.165, 1.54) is 7.05 Å². The van der Waals surface area contributed by atoms with Crippen LogP contribution in [0.5, 0.6) is 0 Å². The molecule has 2 atom stereocenters. The van der Waals surface area contributed by atoms with Crippen LogP contribution in [0.3, 0.4) is 0 Å². The molecule has 7 nitrogen and oxygen atoms in total. The highest BCUT2D eigenvalue weighted by Crippen LogP contribution is 2.31. The van der Waals surface area contributed by atoms with E-state index in [0.717, 1.165) is 16.7 Å². The maximum Gasteiger partial charge on any atom is 0.315 e. The number of fused-ring (bicyclic) bond motifs is 1. The number of nitrogens with one attached hydrogen (secondary N) is 3. The number of benzene rings is 2. The average Bonchev–Trinajstić information content (AvgIpc) is 2.96. The summed E-state index contributed by atoms with van der Waals surface area (Å²) in [6.45, 7) is 0.301. The van der Waals surface area contributed by atoms with Crippen molar-refractivity contribution in [2.24, 2.45) is 0 Å². The van der Waals surface area contributed by atoms with Crippen molar-refractivity contribution in [1.29, 1.82) is 0 Å². The van der Waals surface area contributed by atoms with Gasteiger partial charge >= 0.3 is 6.03 Å². The minimum Gasteiger partial charge on any atom is -0.390 e. The maximum atomic E-state index is 12.2. The Morgan fingerprint density at radius 1 is 1.11 bits per heavy atom. The summed E-state index contributed by atoms with van der Waals surface area (Å²) >= 11 is 0. The molecule has 0 saturated heterocycles. The van der Waals surface area contributed by atoms with Crippen molar-refractivity contribution >= 4 is 16.1 Å². The second-order valence-corrected chi connectivity index (χ2v) is 8.48. The lowest BCUT2D eigenvalue weighted by molar-refractivity contribution is 0.142. The molecule has 0 heterocycles. The van der Waals surface area contributed by atoms with E-state index in [0.29, 0.717) is 18.5 Å². The van der Waals surface area contributed by atoms with Gasteiger partial charge in [-0.05, 0) is 29.3 Å². The molecule has 0 aliphatic heterocycles. The molecule has 27 heavy (non-hydrogen) atoms. The van der Waals surface area contributed by atoms with Gasteiger partial charge in [-0.15, -0.1) is 0 Å². The number of aliphatic hydroxyl groups excluding tert-OH is 1. The fourth-order valence-electron chi connectivity index (χ4n) is 3.17. The van der Waals surface area contributed by atoms with Gasteiger partial charge in [0.05, 0.1) is 17.9 Å². The van der Waals surface area contributed by atoms with E-state index >= 15 is 0 Å². The molecule has 2 aromatic rings. The van der Waals surface area contributed by atoms with E-state index < -0.39 is 22.2 Å². The summed E-state index contributed by atoms with van der Waals surface area (Å²) in [5.41, 5.74) is 3.50. The fraction of sp³-hybridized carbons (Fsp3) is 0.316. The van der Waals surface area contributed by atoms with E-state index in [-0.39, 0.29) is 11.8 Å². The van der Waals surface area contributed by atoms with Crippen LogP contribution in [0.2, 0.25) is 0 Å². The van der Waals surface area contributed by atoms with Gasteiger partial charge in [-0.1, -0.05) is 48.5 Å². The van der Waals surface area contributed by atoms with Crippen LogP contribution in [0.1, 0.15) is 28.3 Å². The van der Waals surface area contributed by atoms with Crippen molar-refractivity contribution in [2.45, 2.75) is 30.9 Å². The topological polar surface area (TPSA) is 108 Å². The van der Waals surface area contributed by atoms with Crippen LogP contribution in [0, 0.1) is 0 Å². The highest BCUT2D eigenvalue weighted by molar-refractivity contribution is 7.88. The van der Waals surface area contributed by atoms with Crippen LogP contribution in [0.25, 0.3) is 0 Å². The lowest BCUT2D eigenvalue weighted by atomic mass is 10.1. The number of aliphatic hydroxyl groups is 1. The first-order valence-electron chi connectivity index (χ1n) is 8.67. The molecule has 144 valence electrons. The van der Waals surface area contributed by atoms with Gasteiger partial charge in [0, 0.05) is 13.0 Å². The van der Waals surface area contributed by atoms with Gasteiger partial charge < -0.3 is 15.7 Å². The van der Waals surface area contributed by atoms with Gasteiger partial charge in [-0.2, -0.15) is 0 Å². The van der Waals surface area contributed by atoms with Gasteiger partial charge in [0.25, 0.3) is 0 Å². The fourth-order valence-corrected chi connectivity index (χ4v) is 3.94. The lowest BCUT2D eigenvalue weighted by Gasteiger charge is -2.18. The van der Waals surface area contributed by atoms with Crippen molar-refractivity contribution in [3.8, 4) is 0 Å². The summed E-state index contributed by atoms with van der Waals surface area (Å²) in [7, 11) is -1.93. The number of sulfonamides is 1. The van der Waals surface area contributed by atoms with E-state index in [1.807, 2.05) is 24.3 Å². The van der Waals surface area contributed by atoms with E-state index in [4.69, 9.17) is 0 Å². The molecule has 0 spiro atoms. The zero-order valence-corrected chi connectivity index (χ0v) is 15.8. The number of hydrogen-bond acceptors (Lipinski definition) is 4. The van der Waals surface area contributed by atoms with Crippen LogP contribution < -0.4 is 15.4 Å². The Hall–Kier alpha value is -2.42. The first-order valence-corrected chi connectivity index (χ1v) is 10.3. The minimum absolute atomic E-state index is 0.0866. The average molecular weight is 389 g/mol. The zero-order valence-electron chi connectivity index (χ0n) is 15.0. The number of urea groups is 1. The summed E-state index contributed by atoms with van der Waals surface area (Å²) < 4.78 is 25.4. The summed E-state index contributed by atoms with van der Waals surface area (Å²) in [6, 6.07) is 13.9. The summed E-state index contributed by atoms with van der Waals surface area (Å²) in [4.78, 5) is 12.2. The third-order valence-electron chi connectivity index (χ3n) is 4.63. The van der Waals surface area contributed by atoms with Gasteiger partial charge in [0.15, 0.2) is 0 Å². The Morgan fingerprint density at radius 3 is 2.48 bits per heavy atom. The van der Waals surface area contributed by atoms with Gasteiger partial charge in [0.1, 0.15) is 0 Å². The summed E-state index contributed by atoms with van der Waals surface area (Å²) in [5.74, 6) is -0.0866. The van der Waals surface area contributed by atoms with Crippen LogP contribution in [0.4, 0.5) is 4.79 Å². The normalized spacial score (nSPS) is 18.7. The summed E-state index contributed by atoms with van der Waals surface area (Å²) in [5, 5.41) is 15.8. The Labute approximate surface area is 158 Å². The van der Waals surface area contributed by atoms with Crippen molar-refractivity contribution in [2.75, 3.05) is 7.05 Å². The summed E-state index contributed by atoms with van der Waals surface area (Å²) in [6.07, 6.45) is -0.112. The molecule has 0 unspecified atom stereocenters. The molecule has 0 aromatic heterocycles. The SMILES string of the molecule is CNS(=O)(=O)Cc1ccc(CNC(=O)N[C@@H]2c3ccccc3C[C@@H]2O)cc1. The Kier molecular flexibility index (Phi) is 5.79. The molecule has 0 saturated carbocycles. The highest BCUT2D eigenvalue weighted by atomic mass is 32.2. The predicted molar refractivity (Wildman–Crippen MR) is 102 cm³/mol. The molecule has 4 N–H and O–H groups in total. The first-order chi connectivity index (χ1) is 12.9. The molecule has 2 amide bonds. The van der Waals surface area contributed by atoms with Crippen molar-refractivity contribution in [3.63, 3.8) is 0 Å². The molecule has 0 fully saturated rings. The molecule has 1 aliphatic carbocycles. The van der Waals surface area contributed by atoms with Crippen LogP contribution in [-0.4, -0.2) is 32.7 Å². The minimum atomic E-state index is -3.31. The van der Waals surface area contributed by atoms with Crippen LogP contribution in [0.15, 0.2) is 48.5 Å².